The molecule has 2 heterocycles. The Kier molecular flexibility index (Phi) is 4.16. The average molecular weight is 319 g/mol. The number of hydrogen-bond donors (Lipinski definition) is 0. The van der Waals surface area contributed by atoms with Crippen molar-refractivity contribution in [3.8, 4) is 11.4 Å². The molecule has 0 amide bonds. The zero-order valence-electron chi connectivity index (χ0n) is 12.8. The van der Waals surface area contributed by atoms with Crippen molar-refractivity contribution in [3.63, 3.8) is 0 Å². The summed E-state index contributed by atoms with van der Waals surface area (Å²) in [6.45, 7) is 6.98. The summed E-state index contributed by atoms with van der Waals surface area (Å²) in [7, 11) is 0. The fourth-order valence-electron chi connectivity index (χ4n) is 2.24. The van der Waals surface area contributed by atoms with Gasteiger partial charge in [0.1, 0.15) is 17.8 Å². The quantitative estimate of drug-likeness (QED) is 0.516. The van der Waals surface area contributed by atoms with Crippen molar-refractivity contribution in [2.45, 2.75) is 0 Å². The number of benzene rings is 1. The molecule has 0 saturated carbocycles. The van der Waals surface area contributed by atoms with Crippen LogP contribution in [0.4, 0.5) is 4.39 Å². The molecule has 0 bridgehead atoms. The monoisotopic (exact) mass is 319 g/mol. The van der Waals surface area contributed by atoms with E-state index in [9.17, 15) is 9.18 Å². The lowest BCUT2D eigenvalue weighted by molar-refractivity contribution is 0.112. The molecule has 0 fully saturated rings. The summed E-state index contributed by atoms with van der Waals surface area (Å²) >= 11 is 0. The van der Waals surface area contributed by atoms with Crippen LogP contribution < -0.4 is 0 Å². The molecule has 4 nitrogen and oxygen atoms in total. The van der Waals surface area contributed by atoms with Crippen LogP contribution in [0.15, 0.2) is 73.7 Å². The van der Waals surface area contributed by atoms with Gasteiger partial charge in [0.2, 0.25) is 0 Å². The van der Waals surface area contributed by atoms with E-state index < -0.39 is 5.83 Å². The number of hydrogen-bond acceptors (Lipinski definition) is 3. The highest BCUT2D eigenvalue weighted by molar-refractivity contribution is 5.87. The zero-order chi connectivity index (χ0) is 17.1. The predicted molar refractivity (Wildman–Crippen MR) is 93.1 cm³/mol. The number of fused-ring (bicyclic) bond motifs is 1. The van der Waals surface area contributed by atoms with Gasteiger partial charge >= 0.3 is 0 Å². The summed E-state index contributed by atoms with van der Waals surface area (Å²) in [4.78, 5) is 15.4. The van der Waals surface area contributed by atoms with E-state index in [2.05, 4.69) is 23.2 Å². The highest BCUT2D eigenvalue weighted by Gasteiger charge is 2.06. The molecule has 3 aromatic rings. The van der Waals surface area contributed by atoms with Gasteiger partial charge in [-0.2, -0.15) is 5.10 Å². The van der Waals surface area contributed by atoms with Gasteiger partial charge in [0.05, 0.1) is 16.9 Å². The number of nitrogens with zero attached hydrogens (tertiary/aromatic N) is 3. The van der Waals surface area contributed by atoms with E-state index >= 15 is 0 Å². The molecule has 0 radical (unpaired) electrons. The van der Waals surface area contributed by atoms with Crippen molar-refractivity contribution < 1.29 is 9.18 Å². The molecule has 0 aliphatic carbocycles. The maximum atomic E-state index is 12.7. The second kappa shape index (κ2) is 6.42. The molecule has 2 aromatic heterocycles. The minimum Gasteiger partial charge on any atom is -0.298 e. The molecule has 0 aliphatic rings. The standard InChI is InChI=1S/C19H14FN3O/c1-13(20)3-4-14(2)23-10-9-19(22-23)18-8-6-16-11-15(12-24)5-7-17(16)21-18/h3-12H,1-2H2/b4-3-. The Bertz CT molecular complexity index is 985. The van der Waals surface area contributed by atoms with Crippen LogP contribution in [-0.4, -0.2) is 21.1 Å². The van der Waals surface area contributed by atoms with Gasteiger partial charge in [0, 0.05) is 17.1 Å². The molecule has 0 spiro atoms. The van der Waals surface area contributed by atoms with E-state index in [1.165, 1.54) is 16.8 Å². The highest BCUT2D eigenvalue weighted by atomic mass is 19.1. The molecule has 0 aliphatic heterocycles. The second-order valence-electron chi connectivity index (χ2n) is 5.18. The maximum Gasteiger partial charge on any atom is 0.150 e. The largest absolute Gasteiger partial charge is 0.298 e. The smallest absolute Gasteiger partial charge is 0.150 e. The first-order valence-corrected chi connectivity index (χ1v) is 7.20. The summed E-state index contributed by atoms with van der Waals surface area (Å²) < 4.78 is 14.2. The van der Waals surface area contributed by atoms with Crippen LogP contribution in [0.25, 0.3) is 28.0 Å². The van der Waals surface area contributed by atoms with Crippen molar-refractivity contribution in [2.24, 2.45) is 0 Å². The molecule has 0 saturated heterocycles. The fraction of sp³-hybridized carbons (Fsp3) is 0. The number of allylic oxidation sites excluding steroid dienone is 4. The lowest BCUT2D eigenvalue weighted by Crippen LogP contribution is -1.95. The lowest BCUT2D eigenvalue weighted by atomic mass is 10.1. The first kappa shape index (κ1) is 15.6. The van der Waals surface area contributed by atoms with Crippen LogP contribution in [0.5, 0.6) is 0 Å². The number of carbonyl (C=O) groups excluding carboxylic acids is 1. The fourth-order valence-corrected chi connectivity index (χ4v) is 2.24. The summed E-state index contributed by atoms with van der Waals surface area (Å²) in [5.41, 5.74) is 3.27. The Morgan fingerprint density at radius 1 is 1.08 bits per heavy atom. The summed E-state index contributed by atoms with van der Waals surface area (Å²) in [5, 5.41) is 5.28. The van der Waals surface area contributed by atoms with Crippen molar-refractivity contribution >= 4 is 22.9 Å². The molecule has 1 aromatic carbocycles. The minimum atomic E-state index is -0.547. The predicted octanol–water partition coefficient (Wildman–Crippen LogP) is 4.42. The molecule has 24 heavy (non-hydrogen) atoms. The normalized spacial score (nSPS) is 11.0. The molecule has 3 rings (SSSR count). The Hall–Kier alpha value is -3.34. The van der Waals surface area contributed by atoms with Crippen molar-refractivity contribution in [3.05, 3.63) is 79.3 Å². The summed E-state index contributed by atoms with van der Waals surface area (Å²) in [6.07, 6.45) is 5.25. The van der Waals surface area contributed by atoms with Crippen LogP contribution in [-0.2, 0) is 0 Å². The highest BCUT2D eigenvalue weighted by Crippen LogP contribution is 2.21. The van der Waals surface area contributed by atoms with Crippen molar-refractivity contribution in [1.82, 2.24) is 14.8 Å². The second-order valence-corrected chi connectivity index (χ2v) is 5.18. The molecule has 0 N–H and O–H groups in total. The molecule has 0 unspecified atom stereocenters. The number of rotatable bonds is 5. The number of aldehydes is 1. The molecule has 118 valence electrons. The van der Waals surface area contributed by atoms with Crippen molar-refractivity contribution in [2.75, 3.05) is 0 Å². The maximum absolute atomic E-state index is 12.7. The van der Waals surface area contributed by atoms with Gasteiger partial charge < -0.3 is 0 Å². The lowest BCUT2D eigenvalue weighted by Gasteiger charge is -2.02. The number of aromatic nitrogens is 3. The van der Waals surface area contributed by atoms with E-state index in [-0.39, 0.29) is 0 Å². The molecular formula is C19H14FN3O. The van der Waals surface area contributed by atoms with Crippen LogP contribution >= 0.6 is 0 Å². The molecule has 0 atom stereocenters. The average Bonchev–Trinajstić information content (AvgIpc) is 3.08. The van der Waals surface area contributed by atoms with Gasteiger partial charge in [-0.25, -0.2) is 14.1 Å². The third-order valence-corrected chi connectivity index (χ3v) is 3.45. The SMILES string of the molecule is C=C(F)/C=C\C(=C)n1ccc(-c2ccc3cc(C=O)ccc3n2)n1. The Morgan fingerprint density at radius 2 is 1.92 bits per heavy atom. The third kappa shape index (κ3) is 3.20. The van der Waals surface area contributed by atoms with Gasteiger partial charge in [-0.3, -0.25) is 4.79 Å². The first-order valence-electron chi connectivity index (χ1n) is 7.20. The number of halogens is 1. The summed E-state index contributed by atoms with van der Waals surface area (Å²) in [6, 6.07) is 10.8. The van der Waals surface area contributed by atoms with E-state index in [1.54, 1.807) is 30.5 Å². The molecular weight excluding hydrogens is 305 g/mol. The molecule has 5 heteroatoms. The van der Waals surface area contributed by atoms with Crippen molar-refractivity contribution in [1.29, 1.82) is 0 Å². The Balaban J connectivity index is 1.92. The van der Waals surface area contributed by atoms with E-state index in [0.717, 1.165) is 17.2 Å². The van der Waals surface area contributed by atoms with E-state index in [1.807, 2.05) is 12.1 Å². The van der Waals surface area contributed by atoms with Gasteiger partial charge in [-0.05, 0) is 42.5 Å². The Labute approximate surface area is 138 Å². The van der Waals surface area contributed by atoms with Gasteiger partial charge in [0.15, 0.2) is 0 Å². The number of carbonyl (C=O) groups is 1. The zero-order valence-corrected chi connectivity index (χ0v) is 12.8. The van der Waals surface area contributed by atoms with E-state index in [4.69, 9.17) is 0 Å². The van der Waals surface area contributed by atoms with Crippen LogP contribution in [0.2, 0.25) is 0 Å². The van der Waals surface area contributed by atoms with Crippen LogP contribution in [0.3, 0.4) is 0 Å². The van der Waals surface area contributed by atoms with Crippen LogP contribution in [0.1, 0.15) is 10.4 Å². The van der Waals surface area contributed by atoms with Crippen LogP contribution in [0, 0.1) is 0 Å². The van der Waals surface area contributed by atoms with E-state index in [0.29, 0.717) is 22.6 Å². The Morgan fingerprint density at radius 3 is 2.67 bits per heavy atom. The van der Waals surface area contributed by atoms with Gasteiger partial charge in [0.25, 0.3) is 0 Å². The minimum absolute atomic E-state index is 0.511. The summed E-state index contributed by atoms with van der Waals surface area (Å²) in [5.74, 6) is -0.547. The van der Waals surface area contributed by atoms with Gasteiger partial charge in [-0.15, -0.1) is 0 Å². The third-order valence-electron chi connectivity index (χ3n) is 3.45. The number of pyridine rings is 1. The first-order chi connectivity index (χ1) is 11.6. The van der Waals surface area contributed by atoms with Gasteiger partial charge in [-0.1, -0.05) is 19.2 Å². The topological polar surface area (TPSA) is 47.8 Å².